The molecule has 94 valence electrons. The Labute approximate surface area is 111 Å². The predicted octanol–water partition coefficient (Wildman–Crippen LogP) is 3.71. The summed E-state index contributed by atoms with van der Waals surface area (Å²) < 4.78 is 0.817. The Hall–Kier alpha value is -1.03. The van der Waals surface area contributed by atoms with E-state index in [1.165, 1.54) is 0 Å². The highest BCUT2D eigenvalue weighted by molar-refractivity contribution is 9.10. The smallest absolute Gasteiger partial charge is 0.224 e. The average Bonchev–Trinajstić information content (AvgIpc) is 2.08. The fourth-order valence-electron chi connectivity index (χ4n) is 1.57. The van der Waals surface area contributed by atoms with E-state index >= 15 is 0 Å². The van der Waals surface area contributed by atoms with Crippen molar-refractivity contribution in [1.29, 1.82) is 0 Å². The first-order valence-electron chi connectivity index (χ1n) is 5.54. The molecule has 1 aromatic rings. The van der Waals surface area contributed by atoms with Gasteiger partial charge in [-0.25, -0.2) is 0 Å². The van der Waals surface area contributed by atoms with E-state index < -0.39 is 0 Å². The molecule has 0 atom stereocenters. The lowest BCUT2D eigenvalue weighted by Gasteiger charge is -2.18. The van der Waals surface area contributed by atoms with Crippen LogP contribution in [0.2, 0.25) is 0 Å². The van der Waals surface area contributed by atoms with Crippen molar-refractivity contribution in [3.63, 3.8) is 0 Å². The number of benzene rings is 1. The molecule has 0 fully saturated rings. The molecule has 4 heteroatoms. The lowest BCUT2D eigenvalue weighted by Crippen LogP contribution is -2.20. The topological polar surface area (TPSA) is 55.1 Å². The normalized spacial score (nSPS) is 11.4. The maximum Gasteiger partial charge on any atom is 0.224 e. The van der Waals surface area contributed by atoms with Crippen LogP contribution in [0, 0.1) is 12.3 Å². The SMILES string of the molecule is Cc1cc(N)c(NC(=O)CC(C)(C)C)c(Br)c1. The standard InChI is InChI=1S/C13H19BrN2O/c1-8-5-9(14)12(10(15)6-8)16-11(17)7-13(2,3)4/h5-6H,7,15H2,1-4H3,(H,16,17). The quantitative estimate of drug-likeness (QED) is 0.818. The summed E-state index contributed by atoms with van der Waals surface area (Å²) in [5.74, 6) is -0.0197. The number of anilines is 2. The summed E-state index contributed by atoms with van der Waals surface area (Å²) in [6.45, 7) is 8.04. The Morgan fingerprint density at radius 1 is 1.41 bits per heavy atom. The van der Waals surface area contributed by atoms with Gasteiger partial charge in [-0.15, -0.1) is 0 Å². The van der Waals surface area contributed by atoms with E-state index in [1.54, 1.807) is 0 Å². The van der Waals surface area contributed by atoms with Gasteiger partial charge in [-0.05, 0) is 46.0 Å². The van der Waals surface area contributed by atoms with E-state index in [2.05, 4.69) is 21.2 Å². The first-order chi connectivity index (χ1) is 7.69. The summed E-state index contributed by atoms with van der Waals surface area (Å²) in [4.78, 5) is 11.8. The van der Waals surface area contributed by atoms with Crippen LogP contribution in [-0.2, 0) is 4.79 Å². The molecule has 0 aliphatic carbocycles. The molecular formula is C13H19BrN2O. The van der Waals surface area contributed by atoms with Crippen LogP contribution in [0.5, 0.6) is 0 Å². The molecule has 1 amide bonds. The van der Waals surface area contributed by atoms with Crippen molar-refractivity contribution >= 4 is 33.2 Å². The zero-order valence-electron chi connectivity index (χ0n) is 10.7. The van der Waals surface area contributed by atoms with Crippen molar-refractivity contribution in [2.75, 3.05) is 11.1 Å². The molecule has 0 aliphatic rings. The van der Waals surface area contributed by atoms with Crippen LogP contribution in [0.3, 0.4) is 0 Å². The summed E-state index contributed by atoms with van der Waals surface area (Å²) in [7, 11) is 0. The number of nitrogen functional groups attached to an aromatic ring is 1. The summed E-state index contributed by atoms with van der Waals surface area (Å²) in [6, 6.07) is 3.78. The number of aryl methyl sites for hydroxylation is 1. The van der Waals surface area contributed by atoms with Crippen molar-refractivity contribution in [2.24, 2.45) is 5.41 Å². The lowest BCUT2D eigenvalue weighted by molar-refractivity contribution is -0.117. The summed E-state index contributed by atoms with van der Waals surface area (Å²) in [6.07, 6.45) is 0.465. The van der Waals surface area contributed by atoms with Crippen LogP contribution in [0.15, 0.2) is 16.6 Å². The maximum atomic E-state index is 11.8. The summed E-state index contributed by atoms with van der Waals surface area (Å²) in [5, 5.41) is 2.85. The molecule has 0 radical (unpaired) electrons. The van der Waals surface area contributed by atoms with Gasteiger partial charge in [-0.1, -0.05) is 20.8 Å². The minimum Gasteiger partial charge on any atom is -0.397 e. The molecule has 3 nitrogen and oxygen atoms in total. The van der Waals surface area contributed by atoms with E-state index in [9.17, 15) is 4.79 Å². The minimum atomic E-state index is -0.0317. The molecule has 0 spiro atoms. The number of hydrogen-bond acceptors (Lipinski definition) is 2. The summed E-state index contributed by atoms with van der Waals surface area (Å²) >= 11 is 3.41. The van der Waals surface area contributed by atoms with Gasteiger partial charge in [0.1, 0.15) is 0 Å². The fraction of sp³-hybridized carbons (Fsp3) is 0.462. The highest BCUT2D eigenvalue weighted by Crippen LogP contribution is 2.31. The van der Waals surface area contributed by atoms with Gasteiger partial charge in [0.15, 0.2) is 0 Å². The van der Waals surface area contributed by atoms with Crippen molar-refractivity contribution in [2.45, 2.75) is 34.1 Å². The van der Waals surface area contributed by atoms with E-state index in [0.29, 0.717) is 17.8 Å². The van der Waals surface area contributed by atoms with E-state index in [4.69, 9.17) is 5.73 Å². The molecule has 3 N–H and O–H groups in total. The van der Waals surface area contributed by atoms with E-state index in [0.717, 1.165) is 10.0 Å². The van der Waals surface area contributed by atoms with Crippen LogP contribution in [-0.4, -0.2) is 5.91 Å². The second-order valence-corrected chi connectivity index (χ2v) is 6.35. The number of carbonyl (C=O) groups excluding carboxylic acids is 1. The lowest BCUT2D eigenvalue weighted by atomic mass is 9.92. The summed E-state index contributed by atoms with van der Waals surface area (Å²) in [5.41, 5.74) is 8.16. The van der Waals surface area contributed by atoms with Crippen LogP contribution in [0.25, 0.3) is 0 Å². The fourth-order valence-corrected chi connectivity index (χ4v) is 2.26. The predicted molar refractivity (Wildman–Crippen MR) is 76.0 cm³/mol. The van der Waals surface area contributed by atoms with Gasteiger partial charge >= 0.3 is 0 Å². The zero-order valence-corrected chi connectivity index (χ0v) is 12.3. The molecule has 0 saturated heterocycles. The van der Waals surface area contributed by atoms with Gasteiger partial charge in [-0.3, -0.25) is 4.79 Å². The van der Waals surface area contributed by atoms with Gasteiger partial charge in [0.2, 0.25) is 5.91 Å². The van der Waals surface area contributed by atoms with Gasteiger partial charge in [-0.2, -0.15) is 0 Å². The molecule has 0 aromatic heterocycles. The number of rotatable bonds is 2. The number of amides is 1. The second kappa shape index (κ2) is 5.08. The highest BCUT2D eigenvalue weighted by atomic mass is 79.9. The van der Waals surface area contributed by atoms with Gasteiger partial charge in [0.25, 0.3) is 0 Å². The average molecular weight is 299 g/mol. The monoisotopic (exact) mass is 298 g/mol. The third-order valence-corrected chi connectivity index (χ3v) is 2.85. The van der Waals surface area contributed by atoms with Gasteiger partial charge in [0, 0.05) is 10.9 Å². The molecule has 0 unspecified atom stereocenters. The zero-order chi connectivity index (χ0) is 13.2. The molecule has 1 rings (SSSR count). The van der Waals surface area contributed by atoms with Crippen LogP contribution < -0.4 is 11.1 Å². The third-order valence-electron chi connectivity index (χ3n) is 2.22. The van der Waals surface area contributed by atoms with Crippen molar-refractivity contribution in [3.05, 3.63) is 22.2 Å². The minimum absolute atomic E-state index is 0.0197. The molecule has 1 aromatic carbocycles. The third kappa shape index (κ3) is 4.38. The Morgan fingerprint density at radius 2 is 2.00 bits per heavy atom. The van der Waals surface area contributed by atoms with Crippen molar-refractivity contribution in [3.8, 4) is 0 Å². The number of halogens is 1. The van der Waals surface area contributed by atoms with Crippen molar-refractivity contribution < 1.29 is 4.79 Å². The Morgan fingerprint density at radius 3 is 2.47 bits per heavy atom. The molecular weight excluding hydrogens is 280 g/mol. The first-order valence-corrected chi connectivity index (χ1v) is 6.34. The number of nitrogens with two attached hydrogens (primary N) is 1. The number of hydrogen-bond donors (Lipinski definition) is 2. The van der Waals surface area contributed by atoms with Crippen LogP contribution in [0.4, 0.5) is 11.4 Å². The Bertz CT molecular complexity index is 413. The first kappa shape index (κ1) is 14.0. The van der Waals surface area contributed by atoms with Crippen molar-refractivity contribution in [1.82, 2.24) is 0 Å². The van der Waals surface area contributed by atoms with E-state index in [1.807, 2.05) is 39.8 Å². The van der Waals surface area contributed by atoms with Gasteiger partial charge in [0.05, 0.1) is 11.4 Å². The Kier molecular flexibility index (Phi) is 4.20. The molecule has 17 heavy (non-hydrogen) atoms. The molecule has 0 bridgehead atoms. The van der Waals surface area contributed by atoms with Crippen LogP contribution >= 0.6 is 15.9 Å². The number of carbonyl (C=O) groups is 1. The highest BCUT2D eigenvalue weighted by Gasteiger charge is 2.17. The van der Waals surface area contributed by atoms with Crippen LogP contribution in [0.1, 0.15) is 32.8 Å². The largest absolute Gasteiger partial charge is 0.397 e. The molecule has 0 saturated carbocycles. The number of nitrogens with one attached hydrogen (secondary N) is 1. The van der Waals surface area contributed by atoms with E-state index in [-0.39, 0.29) is 11.3 Å². The maximum absolute atomic E-state index is 11.8. The molecule has 0 heterocycles. The Balaban J connectivity index is 2.86. The second-order valence-electron chi connectivity index (χ2n) is 5.50. The molecule has 0 aliphatic heterocycles. The van der Waals surface area contributed by atoms with Gasteiger partial charge < -0.3 is 11.1 Å².